The Hall–Kier alpha value is -0.740. The van der Waals surface area contributed by atoms with Crippen LogP contribution in [0.15, 0.2) is 23.3 Å². The Morgan fingerprint density at radius 3 is 2.11 bits per heavy atom. The molecule has 1 rings (SSSR count). The van der Waals surface area contributed by atoms with Crippen LogP contribution in [-0.4, -0.2) is 26.4 Å². The van der Waals surface area contributed by atoms with E-state index >= 15 is 0 Å². The fourth-order valence-corrected chi connectivity index (χ4v) is 4.09. The zero-order valence-corrected chi connectivity index (χ0v) is 18.6. The molecule has 0 aromatic heterocycles. The van der Waals surface area contributed by atoms with Crippen LogP contribution in [0.25, 0.3) is 0 Å². The molecule has 0 N–H and O–H groups in total. The van der Waals surface area contributed by atoms with E-state index in [0.717, 1.165) is 25.7 Å². The molecule has 0 fully saturated rings. The minimum atomic E-state index is -0.358. The summed E-state index contributed by atoms with van der Waals surface area (Å²) in [6, 6.07) is 0. The van der Waals surface area contributed by atoms with E-state index in [9.17, 15) is 8.78 Å². The fourth-order valence-electron chi connectivity index (χ4n) is 4.09. The molecule has 1 aliphatic carbocycles. The van der Waals surface area contributed by atoms with Gasteiger partial charge in [0.2, 0.25) is 0 Å². The van der Waals surface area contributed by atoms with Crippen molar-refractivity contribution in [1.82, 2.24) is 0 Å². The van der Waals surface area contributed by atoms with Gasteiger partial charge < -0.3 is 9.47 Å². The Kier molecular flexibility index (Phi) is 13.7. The van der Waals surface area contributed by atoms with Gasteiger partial charge in [0.1, 0.15) is 11.7 Å². The van der Waals surface area contributed by atoms with Crippen molar-refractivity contribution in [1.29, 1.82) is 0 Å². The molecule has 3 atom stereocenters. The second kappa shape index (κ2) is 15.1. The highest BCUT2D eigenvalue weighted by Gasteiger charge is 2.22. The Morgan fingerprint density at radius 2 is 1.50 bits per heavy atom. The summed E-state index contributed by atoms with van der Waals surface area (Å²) in [5, 5.41) is 0. The first kappa shape index (κ1) is 25.3. The van der Waals surface area contributed by atoms with Crippen molar-refractivity contribution in [2.45, 2.75) is 110 Å². The molecule has 0 aliphatic heterocycles. The summed E-state index contributed by atoms with van der Waals surface area (Å²) in [5.74, 6) is -0.362. The number of hydrogen-bond acceptors (Lipinski definition) is 2. The lowest BCUT2D eigenvalue weighted by molar-refractivity contribution is -0.0453. The maximum absolute atomic E-state index is 13.9. The highest BCUT2D eigenvalue weighted by molar-refractivity contribution is 5.31. The van der Waals surface area contributed by atoms with E-state index in [1.54, 1.807) is 14.2 Å². The van der Waals surface area contributed by atoms with Gasteiger partial charge in [0.05, 0.1) is 12.2 Å². The summed E-state index contributed by atoms with van der Waals surface area (Å²) >= 11 is 0. The fraction of sp³-hybridized carbons (Fsp3) is 0.833. The molecule has 4 heteroatoms. The van der Waals surface area contributed by atoms with Gasteiger partial charge in [0, 0.05) is 26.2 Å². The average Bonchev–Trinajstić information content (AvgIpc) is 2.68. The summed E-state index contributed by atoms with van der Waals surface area (Å²) in [4.78, 5) is 0. The van der Waals surface area contributed by atoms with Crippen LogP contribution >= 0.6 is 0 Å². The number of rotatable bonds is 16. The average molecular weight is 401 g/mol. The van der Waals surface area contributed by atoms with E-state index in [1.165, 1.54) is 44.6 Å². The topological polar surface area (TPSA) is 18.5 Å². The Balaban J connectivity index is 2.32. The minimum absolute atomic E-state index is 0.0927. The predicted molar refractivity (Wildman–Crippen MR) is 114 cm³/mol. The maximum atomic E-state index is 13.9. The lowest BCUT2D eigenvalue weighted by Crippen LogP contribution is -2.30. The third-order valence-corrected chi connectivity index (χ3v) is 5.90. The molecule has 1 aliphatic rings. The highest BCUT2D eigenvalue weighted by atomic mass is 19.1. The predicted octanol–water partition coefficient (Wildman–Crippen LogP) is 7.83. The van der Waals surface area contributed by atoms with Crippen molar-refractivity contribution in [2.24, 2.45) is 5.92 Å². The summed E-state index contributed by atoms with van der Waals surface area (Å²) in [5.41, 5.74) is 0.292. The number of unbranched alkanes of at least 4 members (excludes halogenated alkanes) is 5. The van der Waals surface area contributed by atoms with Gasteiger partial charge in [-0.15, -0.1) is 0 Å². The van der Waals surface area contributed by atoms with Crippen LogP contribution in [0.1, 0.15) is 97.3 Å². The molecular formula is C24H42F2O2. The van der Waals surface area contributed by atoms with Gasteiger partial charge in [-0.1, -0.05) is 65.2 Å². The van der Waals surface area contributed by atoms with Gasteiger partial charge in [-0.25, -0.2) is 8.78 Å². The van der Waals surface area contributed by atoms with Crippen LogP contribution in [0, 0.1) is 5.92 Å². The first-order valence-corrected chi connectivity index (χ1v) is 11.3. The maximum Gasteiger partial charge on any atom is 0.125 e. The molecule has 0 bridgehead atoms. The monoisotopic (exact) mass is 400 g/mol. The van der Waals surface area contributed by atoms with E-state index in [2.05, 4.69) is 13.8 Å². The van der Waals surface area contributed by atoms with Crippen LogP contribution in [-0.2, 0) is 9.47 Å². The summed E-state index contributed by atoms with van der Waals surface area (Å²) in [7, 11) is 3.52. The number of hydrogen-bond donors (Lipinski definition) is 0. The smallest absolute Gasteiger partial charge is 0.125 e. The normalized spacial score (nSPS) is 18.1. The van der Waals surface area contributed by atoms with E-state index < -0.39 is 0 Å². The summed E-state index contributed by atoms with van der Waals surface area (Å²) < 4.78 is 39.2. The third-order valence-electron chi connectivity index (χ3n) is 5.90. The van der Waals surface area contributed by atoms with E-state index in [1.807, 2.05) is 0 Å². The molecule has 28 heavy (non-hydrogen) atoms. The lowest BCUT2D eigenvalue weighted by Gasteiger charge is -2.25. The Bertz CT molecular complexity index is 473. The van der Waals surface area contributed by atoms with Gasteiger partial charge in [-0.2, -0.15) is 0 Å². The second-order valence-corrected chi connectivity index (χ2v) is 8.32. The van der Waals surface area contributed by atoms with Crippen LogP contribution in [0.5, 0.6) is 0 Å². The molecule has 0 saturated carbocycles. The first-order valence-electron chi connectivity index (χ1n) is 11.3. The molecule has 0 aromatic rings. The summed E-state index contributed by atoms with van der Waals surface area (Å²) in [6.45, 7) is 4.31. The van der Waals surface area contributed by atoms with Crippen LogP contribution < -0.4 is 0 Å². The SMILES string of the molecule is CCCCCCCCC(OC)C(CCCC(C)CC1=C(F)CCC=C1F)OC. The molecule has 0 saturated heterocycles. The van der Waals surface area contributed by atoms with Crippen molar-refractivity contribution in [3.8, 4) is 0 Å². The molecule has 0 radical (unpaired) electrons. The molecule has 3 unspecified atom stereocenters. The van der Waals surface area contributed by atoms with E-state index in [-0.39, 0.29) is 29.8 Å². The van der Waals surface area contributed by atoms with Crippen molar-refractivity contribution in [2.75, 3.05) is 14.2 Å². The van der Waals surface area contributed by atoms with Crippen LogP contribution in [0.3, 0.4) is 0 Å². The summed E-state index contributed by atoms with van der Waals surface area (Å²) in [6.07, 6.45) is 14.6. The van der Waals surface area contributed by atoms with Crippen molar-refractivity contribution < 1.29 is 18.3 Å². The Labute approximate surface area is 171 Å². The number of allylic oxidation sites excluding steroid dienone is 4. The van der Waals surface area contributed by atoms with Crippen LogP contribution in [0.4, 0.5) is 8.78 Å². The molecule has 2 nitrogen and oxygen atoms in total. The van der Waals surface area contributed by atoms with E-state index in [4.69, 9.17) is 9.47 Å². The number of halogens is 2. The largest absolute Gasteiger partial charge is 0.379 e. The standard InChI is InChI=1S/C24H42F2O2/c1-5-6-7-8-9-10-16-23(27-3)24(28-4)17-11-13-19(2)18-20-21(25)14-12-15-22(20)26/h14,19,23-24H,5-13,15-18H2,1-4H3. The highest BCUT2D eigenvalue weighted by Crippen LogP contribution is 2.33. The van der Waals surface area contributed by atoms with Gasteiger partial charge in [-0.05, 0) is 37.7 Å². The molecule has 0 aromatic carbocycles. The molecule has 164 valence electrons. The van der Waals surface area contributed by atoms with Crippen molar-refractivity contribution in [3.05, 3.63) is 23.3 Å². The Morgan fingerprint density at radius 1 is 0.893 bits per heavy atom. The third kappa shape index (κ3) is 9.65. The van der Waals surface area contributed by atoms with Gasteiger partial charge in [0.25, 0.3) is 0 Å². The van der Waals surface area contributed by atoms with Gasteiger partial charge >= 0.3 is 0 Å². The van der Waals surface area contributed by atoms with Crippen molar-refractivity contribution >= 4 is 0 Å². The molecular weight excluding hydrogens is 358 g/mol. The first-order chi connectivity index (χ1) is 13.5. The zero-order valence-electron chi connectivity index (χ0n) is 18.6. The molecule has 0 amide bonds. The number of ether oxygens (including phenoxy) is 2. The zero-order chi connectivity index (χ0) is 20.8. The number of methoxy groups -OCH3 is 2. The molecule has 0 spiro atoms. The molecule has 0 heterocycles. The van der Waals surface area contributed by atoms with Crippen molar-refractivity contribution in [3.63, 3.8) is 0 Å². The van der Waals surface area contributed by atoms with Crippen LogP contribution in [0.2, 0.25) is 0 Å². The second-order valence-electron chi connectivity index (χ2n) is 8.32. The van der Waals surface area contributed by atoms with E-state index in [0.29, 0.717) is 24.8 Å². The lowest BCUT2D eigenvalue weighted by atomic mass is 9.90. The quantitative estimate of drug-likeness (QED) is 0.246. The van der Waals surface area contributed by atoms with Gasteiger partial charge in [-0.3, -0.25) is 0 Å². The van der Waals surface area contributed by atoms with Gasteiger partial charge in [0.15, 0.2) is 0 Å². The minimum Gasteiger partial charge on any atom is -0.379 e.